The van der Waals surface area contributed by atoms with Crippen molar-refractivity contribution in [3.63, 3.8) is 0 Å². The predicted octanol–water partition coefficient (Wildman–Crippen LogP) is 3.30. The smallest absolute Gasteiger partial charge is 0.234 e. The van der Waals surface area contributed by atoms with Gasteiger partial charge in [-0.25, -0.2) is 0 Å². The number of ether oxygens (including phenoxy) is 1. The van der Waals surface area contributed by atoms with E-state index in [0.29, 0.717) is 12.5 Å². The molecule has 0 aliphatic carbocycles. The summed E-state index contributed by atoms with van der Waals surface area (Å²) in [6.45, 7) is 6.95. The highest BCUT2D eigenvalue weighted by molar-refractivity contribution is 6.03. The molecule has 0 saturated carbocycles. The van der Waals surface area contributed by atoms with Gasteiger partial charge in [-0.15, -0.1) is 0 Å². The fourth-order valence-electron chi connectivity index (χ4n) is 4.87. The molecule has 3 heterocycles. The quantitative estimate of drug-likeness (QED) is 0.736. The van der Waals surface area contributed by atoms with Gasteiger partial charge >= 0.3 is 0 Å². The number of hydrogen-bond donors (Lipinski definition) is 1. The molecule has 0 aromatic heterocycles. The lowest BCUT2D eigenvalue weighted by Gasteiger charge is -2.25. The first-order valence-electron chi connectivity index (χ1n) is 10.5. The molecule has 0 radical (unpaired) electrons. The molecule has 4 rings (SSSR count). The first kappa shape index (κ1) is 19.2. The van der Waals surface area contributed by atoms with Gasteiger partial charge in [-0.1, -0.05) is 57.0 Å². The molecule has 5 nitrogen and oxygen atoms in total. The van der Waals surface area contributed by atoms with Crippen molar-refractivity contribution in [3.8, 4) is 0 Å². The van der Waals surface area contributed by atoms with Gasteiger partial charge in [0.2, 0.25) is 11.8 Å². The largest absolute Gasteiger partial charge is 0.360 e. The van der Waals surface area contributed by atoms with E-state index in [9.17, 15) is 9.59 Å². The number of nitrogens with one attached hydrogen (secondary N) is 1. The number of carbonyl (C=O) groups is 2. The van der Waals surface area contributed by atoms with Crippen LogP contribution in [-0.4, -0.2) is 36.1 Å². The highest BCUT2D eigenvalue weighted by Crippen LogP contribution is 2.52. The standard InChI is InChI=1S/C23H30N2O3/c1-15(2)8-7-9-16(3)24-21(26)19-18-12-13-23(28-18)14-25(22(27)20(19)23)17-10-5-4-6-11-17/h4-6,10-13,15-16,18-20H,7-9,14H2,1-3H3,(H,24,26)/t16-,18+,19-,20-,23-/m0/s1. The Morgan fingerprint density at radius 3 is 2.71 bits per heavy atom. The van der Waals surface area contributed by atoms with E-state index < -0.39 is 17.4 Å². The van der Waals surface area contributed by atoms with Gasteiger partial charge < -0.3 is 15.0 Å². The van der Waals surface area contributed by atoms with Crippen molar-refractivity contribution in [2.24, 2.45) is 17.8 Å². The molecule has 1 aromatic rings. The molecule has 3 aliphatic rings. The zero-order valence-corrected chi connectivity index (χ0v) is 16.9. The van der Waals surface area contributed by atoms with E-state index in [-0.39, 0.29) is 24.0 Å². The van der Waals surface area contributed by atoms with Crippen LogP contribution in [0.5, 0.6) is 0 Å². The van der Waals surface area contributed by atoms with Crippen LogP contribution in [0.25, 0.3) is 0 Å². The second kappa shape index (κ2) is 7.36. The number of para-hydroxylation sites is 1. The lowest BCUT2D eigenvalue weighted by molar-refractivity contribution is -0.132. The molecule has 2 amide bonds. The van der Waals surface area contributed by atoms with Crippen LogP contribution in [0.1, 0.15) is 40.0 Å². The van der Waals surface area contributed by atoms with Crippen molar-refractivity contribution in [2.75, 3.05) is 11.4 Å². The minimum absolute atomic E-state index is 0.00865. The maximum atomic E-state index is 13.3. The van der Waals surface area contributed by atoms with E-state index in [1.54, 1.807) is 4.90 Å². The summed E-state index contributed by atoms with van der Waals surface area (Å²) in [5, 5.41) is 3.14. The van der Waals surface area contributed by atoms with Gasteiger partial charge in [0.25, 0.3) is 0 Å². The van der Waals surface area contributed by atoms with Crippen LogP contribution in [0.3, 0.4) is 0 Å². The van der Waals surface area contributed by atoms with E-state index >= 15 is 0 Å². The van der Waals surface area contributed by atoms with Crippen molar-refractivity contribution < 1.29 is 14.3 Å². The number of anilines is 1. The van der Waals surface area contributed by atoms with Crippen molar-refractivity contribution in [1.29, 1.82) is 0 Å². The third kappa shape index (κ3) is 3.26. The lowest BCUT2D eigenvalue weighted by atomic mass is 9.76. The van der Waals surface area contributed by atoms with Crippen molar-refractivity contribution in [1.82, 2.24) is 5.32 Å². The van der Waals surface area contributed by atoms with E-state index in [2.05, 4.69) is 19.2 Å². The van der Waals surface area contributed by atoms with Gasteiger partial charge in [-0.2, -0.15) is 0 Å². The fourth-order valence-corrected chi connectivity index (χ4v) is 4.87. The molecule has 3 aliphatic heterocycles. The van der Waals surface area contributed by atoms with Gasteiger partial charge in [0.05, 0.1) is 24.5 Å². The highest BCUT2D eigenvalue weighted by Gasteiger charge is 2.67. The Morgan fingerprint density at radius 2 is 2.00 bits per heavy atom. The van der Waals surface area contributed by atoms with Gasteiger partial charge in [0.1, 0.15) is 5.60 Å². The highest BCUT2D eigenvalue weighted by atomic mass is 16.5. The molecule has 2 saturated heterocycles. The Balaban J connectivity index is 1.47. The van der Waals surface area contributed by atoms with Gasteiger partial charge in [0, 0.05) is 11.7 Å². The third-order valence-corrected chi connectivity index (χ3v) is 6.28. The zero-order chi connectivity index (χ0) is 19.9. The molecule has 28 heavy (non-hydrogen) atoms. The summed E-state index contributed by atoms with van der Waals surface area (Å²) in [6.07, 6.45) is 6.88. The summed E-state index contributed by atoms with van der Waals surface area (Å²) >= 11 is 0. The molecule has 2 bridgehead atoms. The summed E-state index contributed by atoms with van der Waals surface area (Å²) in [5.41, 5.74) is 0.193. The summed E-state index contributed by atoms with van der Waals surface area (Å²) in [6, 6.07) is 9.74. The Kier molecular flexibility index (Phi) is 5.04. The molecule has 0 unspecified atom stereocenters. The second-order valence-corrected chi connectivity index (χ2v) is 8.89. The summed E-state index contributed by atoms with van der Waals surface area (Å²) in [4.78, 5) is 28.1. The monoisotopic (exact) mass is 382 g/mol. The van der Waals surface area contributed by atoms with E-state index in [1.165, 1.54) is 0 Å². The number of rotatable bonds is 7. The molecule has 5 heteroatoms. The summed E-state index contributed by atoms with van der Waals surface area (Å²) < 4.78 is 6.20. The number of benzene rings is 1. The SMILES string of the molecule is CC(C)CCC[C@H](C)NC(=O)[C@@H]1[C@H]2C(=O)N(c3ccccc3)C[C@@]23C=C[C@H]1O3. The molecule has 1 spiro atoms. The van der Waals surface area contributed by atoms with Gasteiger partial charge in [-0.05, 0) is 31.4 Å². The lowest BCUT2D eigenvalue weighted by Crippen LogP contribution is -2.46. The van der Waals surface area contributed by atoms with Crippen LogP contribution in [0.4, 0.5) is 5.69 Å². The molecular weight excluding hydrogens is 352 g/mol. The summed E-state index contributed by atoms with van der Waals surface area (Å²) in [5.74, 6) is -0.275. The fraction of sp³-hybridized carbons (Fsp3) is 0.565. The van der Waals surface area contributed by atoms with E-state index in [4.69, 9.17) is 4.74 Å². The topological polar surface area (TPSA) is 58.6 Å². The molecule has 5 atom stereocenters. The maximum absolute atomic E-state index is 13.3. The number of carbonyl (C=O) groups excluding carboxylic acids is 2. The molecule has 150 valence electrons. The average Bonchev–Trinajstić information content (AvgIpc) is 3.30. The molecule has 1 aromatic carbocycles. The Labute approximate surface area is 167 Å². The second-order valence-electron chi connectivity index (χ2n) is 8.89. The van der Waals surface area contributed by atoms with E-state index in [0.717, 1.165) is 24.9 Å². The van der Waals surface area contributed by atoms with Gasteiger partial charge in [-0.3, -0.25) is 9.59 Å². The van der Waals surface area contributed by atoms with E-state index in [1.807, 2.05) is 49.4 Å². The first-order valence-corrected chi connectivity index (χ1v) is 10.5. The number of fused-ring (bicyclic) bond motifs is 1. The molecule has 2 fully saturated rings. The average molecular weight is 383 g/mol. The number of amides is 2. The zero-order valence-electron chi connectivity index (χ0n) is 16.9. The normalized spacial score (nSPS) is 31.5. The van der Waals surface area contributed by atoms with Crippen LogP contribution in [0.2, 0.25) is 0 Å². The van der Waals surface area contributed by atoms with Crippen LogP contribution >= 0.6 is 0 Å². The van der Waals surface area contributed by atoms with Crippen LogP contribution in [0, 0.1) is 17.8 Å². The number of hydrogen-bond acceptors (Lipinski definition) is 3. The molecule has 1 N–H and O–H groups in total. The first-order chi connectivity index (χ1) is 13.4. The molecular formula is C23H30N2O3. The van der Waals surface area contributed by atoms with Crippen LogP contribution < -0.4 is 10.2 Å². The van der Waals surface area contributed by atoms with Crippen LogP contribution in [-0.2, 0) is 14.3 Å². The minimum Gasteiger partial charge on any atom is -0.360 e. The van der Waals surface area contributed by atoms with Gasteiger partial charge in [0.15, 0.2) is 0 Å². The minimum atomic E-state index is -0.666. The Hall–Kier alpha value is -2.14. The third-order valence-electron chi connectivity index (χ3n) is 6.28. The maximum Gasteiger partial charge on any atom is 0.234 e. The Bertz CT molecular complexity index is 775. The van der Waals surface area contributed by atoms with Crippen molar-refractivity contribution in [3.05, 3.63) is 42.5 Å². The van der Waals surface area contributed by atoms with Crippen molar-refractivity contribution >= 4 is 17.5 Å². The Morgan fingerprint density at radius 1 is 1.25 bits per heavy atom. The predicted molar refractivity (Wildman–Crippen MR) is 109 cm³/mol. The van der Waals surface area contributed by atoms with Crippen LogP contribution in [0.15, 0.2) is 42.5 Å². The van der Waals surface area contributed by atoms with Crippen molar-refractivity contribution in [2.45, 2.75) is 57.8 Å². The number of nitrogens with zero attached hydrogens (tertiary/aromatic N) is 1. The summed E-state index contributed by atoms with van der Waals surface area (Å²) in [7, 11) is 0.